The molecule has 0 saturated heterocycles. The van der Waals surface area contributed by atoms with E-state index >= 15 is 0 Å². The lowest BCUT2D eigenvalue weighted by Crippen LogP contribution is -2.27. The molecule has 14 heavy (non-hydrogen) atoms. The van der Waals surface area contributed by atoms with E-state index in [2.05, 4.69) is 30.9 Å². The van der Waals surface area contributed by atoms with Gasteiger partial charge in [0.05, 0.1) is 0 Å². The maximum absolute atomic E-state index is 5.82. The molecule has 0 aliphatic carbocycles. The first-order valence-corrected chi connectivity index (χ1v) is 5.16. The van der Waals surface area contributed by atoms with E-state index in [1.165, 1.54) is 0 Å². The summed E-state index contributed by atoms with van der Waals surface area (Å²) >= 11 is 0. The van der Waals surface area contributed by atoms with Crippen LogP contribution in [0, 0.1) is 5.92 Å². The monoisotopic (exact) mass is 196 g/mol. The number of hydrogen-bond donors (Lipinski definition) is 1. The fourth-order valence-corrected chi connectivity index (χ4v) is 1.33. The van der Waals surface area contributed by atoms with E-state index in [9.17, 15) is 0 Å². The molecule has 0 fully saturated rings. The largest absolute Gasteiger partial charge is 0.328 e. The van der Waals surface area contributed by atoms with E-state index in [4.69, 9.17) is 5.73 Å². The molecule has 0 aliphatic heterocycles. The first-order valence-electron chi connectivity index (χ1n) is 5.16. The molecule has 2 atom stereocenters. The molecule has 4 nitrogen and oxygen atoms in total. The van der Waals surface area contributed by atoms with Crippen LogP contribution in [0.1, 0.15) is 39.6 Å². The zero-order chi connectivity index (χ0) is 10.7. The lowest BCUT2D eigenvalue weighted by atomic mass is 10.0. The third-order valence-corrected chi connectivity index (χ3v) is 2.54. The van der Waals surface area contributed by atoms with Gasteiger partial charge in [0.15, 0.2) is 0 Å². The Labute approximate surface area is 85.5 Å². The molecule has 0 spiro atoms. The van der Waals surface area contributed by atoms with Crippen LogP contribution in [0.2, 0.25) is 0 Å². The van der Waals surface area contributed by atoms with Crippen molar-refractivity contribution in [2.24, 2.45) is 11.7 Å². The Bertz CT molecular complexity index is 277. The van der Waals surface area contributed by atoms with Gasteiger partial charge in [0.1, 0.15) is 12.2 Å². The van der Waals surface area contributed by atoms with Crippen LogP contribution < -0.4 is 5.73 Å². The van der Waals surface area contributed by atoms with Gasteiger partial charge in [-0.1, -0.05) is 6.92 Å². The average molecular weight is 196 g/mol. The van der Waals surface area contributed by atoms with Crippen LogP contribution in [0.3, 0.4) is 0 Å². The molecule has 0 aromatic carbocycles. The second kappa shape index (κ2) is 4.55. The molecule has 4 heteroatoms. The summed E-state index contributed by atoms with van der Waals surface area (Å²) in [6.45, 7) is 8.38. The van der Waals surface area contributed by atoms with Crippen LogP contribution in [0.25, 0.3) is 0 Å². The highest BCUT2D eigenvalue weighted by molar-refractivity contribution is 4.89. The molecule has 0 aliphatic rings. The smallest absolute Gasteiger partial charge is 0.138 e. The Morgan fingerprint density at radius 3 is 2.50 bits per heavy atom. The van der Waals surface area contributed by atoms with Gasteiger partial charge in [-0.25, -0.2) is 9.67 Å². The van der Waals surface area contributed by atoms with E-state index in [0.717, 1.165) is 12.2 Å². The van der Waals surface area contributed by atoms with Gasteiger partial charge in [0.25, 0.3) is 0 Å². The molecule has 0 radical (unpaired) electrons. The van der Waals surface area contributed by atoms with E-state index < -0.39 is 0 Å². The second-order valence-corrected chi connectivity index (χ2v) is 4.26. The molecular weight excluding hydrogens is 176 g/mol. The van der Waals surface area contributed by atoms with Crippen LogP contribution in [0.4, 0.5) is 0 Å². The highest BCUT2D eigenvalue weighted by Crippen LogP contribution is 2.11. The summed E-state index contributed by atoms with van der Waals surface area (Å²) in [6, 6.07) is 0.570. The Morgan fingerprint density at radius 1 is 1.36 bits per heavy atom. The highest BCUT2D eigenvalue weighted by Gasteiger charge is 2.14. The van der Waals surface area contributed by atoms with Crippen molar-refractivity contribution in [1.82, 2.24) is 14.8 Å². The Balaban J connectivity index is 2.71. The fourth-order valence-electron chi connectivity index (χ4n) is 1.33. The summed E-state index contributed by atoms with van der Waals surface area (Å²) in [5.41, 5.74) is 5.82. The summed E-state index contributed by atoms with van der Waals surface area (Å²) in [6.07, 6.45) is 2.51. The van der Waals surface area contributed by atoms with Gasteiger partial charge in [-0.15, -0.1) is 0 Å². The van der Waals surface area contributed by atoms with Crippen LogP contribution >= 0.6 is 0 Å². The minimum Gasteiger partial charge on any atom is -0.328 e. The van der Waals surface area contributed by atoms with Crippen LogP contribution in [-0.4, -0.2) is 20.8 Å². The maximum atomic E-state index is 5.82. The van der Waals surface area contributed by atoms with Crippen molar-refractivity contribution in [3.05, 3.63) is 12.2 Å². The van der Waals surface area contributed by atoms with E-state index in [0.29, 0.717) is 12.0 Å². The third-order valence-electron chi connectivity index (χ3n) is 2.54. The Kier molecular flexibility index (Phi) is 3.63. The van der Waals surface area contributed by atoms with Gasteiger partial charge in [-0.3, -0.25) is 0 Å². The predicted molar refractivity (Wildman–Crippen MR) is 56.9 cm³/mol. The summed E-state index contributed by atoms with van der Waals surface area (Å²) in [5, 5.41) is 4.19. The standard InChI is InChI=1S/C10H20N4/c1-7(2)14-10(12-6-13-14)5-8(3)9(4)11/h6-9H,5,11H2,1-4H3. The number of hydrogen-bond acceptors (Lipinski definition) is 3. The topological polar surface area (TPSA) is 56.7 Å². The molecule has 1 rings (SSSR count). The van der Waals surface area contributed by atoms with Gasteiger partial charge < -0.3 is 5.73 Å². The predicted octanol–water partition coefficient (Wildman–Crippen LogP) is 1.38. The molecule has 2 N–H and O–H groups in total. The van der Waals surface area contributed by atoms with Crippen LogP contribution in [-0.2, 0) is 6.42 Å². The van der Waals surface area contributed by atoms with E-state index in [1.54, 1.807) is 6.33 Å². The van der Waals surface area contributed by atoms with Crippen molar-refractivity contribution in [3.63, 3.8) is 0 Å². The molecule has 1 aromatic heterocycles. The number of aromatic nitrogens is 3. The van der Waals surface area contributed by atoms with Crippen molar-refractivity contribution in [2.45, 2.75) is 46.2 Å². The van der Waals surface area contributed by atoms with Crippen LogP contribution in [0.5, 0.6) is 0 Å². The number of nitrogens with two attached hydrogens (primary N) is 1. The number of nitrogens with zero attached hydrogens (tertiary/aromatic N) is 3. The third kappa shape index (κ3) is 2.54. The van der Waals surface area contributed by atoms with Crippen LogP contribution in [0.15, 0.2) is 6.33 Å². The minimum absolute atomic E-state index is 0.201. The fraction of sp³-hybridized carbons (Fsp3) is 0.800. The quantitative estimate of drug-likeness (QED) is 0.791. The molecule has 2 unspecified atom stereocenters. The van der Waals surface area contributed by atoms with Crippen molar-refractivity contribution in [3.8, 4) is 0 Å². The summed E-state index contributed by atoms with van der Waals surface area (Å²) in [4.78, 5) is 4.26. The zero-order valence-corrected chi connectivity index (χ0v) is 9.44. The Hall–Kier alpha value is -0.900. The van der Waals surface area contributed by atoms with Gasteiger partial charge in [0.2, 0.25) is 0 Å². The van der Waals surface area contributed by atoms with Gasteiger partial charge in [0, 0.05) is 18.5 Å². The second-order valence-electron chi connectivity index (χ2n) is 4.26. The zero-order valence-electron chi connectivity index (χ0n) is 9.44. The first-order chi connectivity index (χ1) is 6.52. The molecule has 0 saturated carbocycles. The molecule has 80 valence electrons. The highest BCUT2D eigenvalue weighted by atomic mass is 15.3. The normalized spacial score (nSPS) is 15.9. The van der Waals surface area contributed by atoms with Gasteiger partial charge in [-0.2, -0.15) is 5.10 Å². The summed E-state index contributed by atoms with van der Waals surface area (Å²) < 4.78 is 1.96. The lowest BCUT2D eigenvalue weighted by molar-refractivity contribution is 0.434. The molecule has 1 heterocycles. The SMILES string of the molecule is CC(N)C(C)Cc1ncnn1C(C)C. The maximum Gasteiger partial charge on any atom is 0.138 e. The minimum atomic E-state index is 0.201. The molecule has 0 amide bonds. The first kappa shape index (κ1) is 11.2. The van der Waals surface area contributed by atoms with Crippen molar-refractivity contribution < 1.29 is 0 Å². The Morgan fingerprint density at radius 2 is 2.00 bits per heavy atom. The lowest BCUT2D eigenvalue weighted by Gasteiger charge is -2.16. The van der Waals surface area contributed by atoms with E-state index in [-0.39, 0.29) is 6.04 Å². The van der Waals surface area contributed by atoms with Gasteiger partial charge >= 0.3 is 0 Å². The van der Waals surface area contributed by atoms with Crippen molar-refractivity contribution in [2.75, 3.05) is 0 Å². The molecule has 0 bridgehead atoms. The average Bonchev–Trinajstić information content (AvgIpc) is 2.52. The number of rotatable bonds is 4. The molecular formula is C10H20N4. The van der Waals surface area contributed by atoms with Crippen molar-refractivity contribution >= 4 is 0 Å². The molecule has 1 aromatic rings. The summed E-state index contributed by atoms with van der Waals surface area (Å²) in [5.74, 6) is 1.47. The van der Waals surface area contributed by atoms with Gasteiger partial charge in [-0.05, 0) is 26.7 Å². The van der Waals surface area contributed by atoms with Crippen molar-refractivity contribution in [1.29, 1.82) is 0 Å². The summed E-state index contributed by atoms with van der Waals surface area (Å²) in [7, 11) is 0. The van der Waals surface area contributed by atoms with E-state index in [1.807, 2.05) is 11.6 Å².